The van der Waals surface area contributed by atoms with Crippen LogP contribution in [0.15, 0.2) is 10.5 Å². The van der Waals surface area contributed by atoms with E-state index < -0.39 is 0 Å². The second-order valence-electron chi connectivity index (χ2n) is 5.56. The largest absolute Gasteiger partial charge is 0.311 e. The van der Waals surface area contributed by atoms with Crippen LogP contribution in [0.4, 0.5) is 0 Å². The Morgan fingerprint density at radius 1 is 1.39 bits per heavy atom. The van der Waals surface area contributed by atoms with Gasteiger partial charge in [-0.2, -0.15) is 0 Å². The molecule has 1 aromatic rings. The number of thiophene rings is 1. The summed E-state index contributed by atoms with van der Waals surface area (Å²) in [6, 6.07) is 2.10. The molecule has 0 spiro atoms. The van der Waals surface area contributed by atoms with E-state index in [-0.39, 0.29) is 0 Å². The molecule has 104 valence electrons. The summed E-state index contributed by atoms with van der Waals surface area (Å²) < 4.78 is 1.85. The van der Waals surface area contributed by atoms with E-state index in [2.05, 4.69) is 48.1 Å². The minimum Gasteiger partial charge on any atom is -0.311 e. The maximum Gasteiger partial charge on any atom is 0.107 e. The third kappa shape index (κ3) is 6.05. The van der Waals surface area contributed by atoms with Gasteiger partial charge in [0.1, 0.15) is 4.34 Å². The van der Waals surface area contributed by atoms with E-state index in [9.17, 15) is 0 Å². The van der Waals surface area contributed by atoms with Gasteiger partial charge >= 0.3 is 0 Å². The third-order valence-corrected chi connectivity index (χ3v) is 5.53. The van der Waals surface area contributed by atoms with Gasteiger partial charge in [0.2, 0.25) is 0 Å². The SMILES string of the molecule is CCCCCC(C)(C)CNCc1cc(Br)c(Cl)s1. The lowest BCUT2D eigenvalue weighted by atomic mass is 9.87. The molecule has 1 aromatic heterocycles. The maximum absolute atomic E-state index is 6.03. The first-order valence-electron chi connectivity index (χ1n) is 6.59. The molecule has 0 bridgehead atoms. The van der Waals surface area contributed by atoms with Crippen molar-refractivity contribution in [1.82, 2.24) is 5.32 Å². The summed E-state index contributed by atoms with van der Waals surface area (Å²) in [5, 5.41) is 3.54. The van der Waals surface area contributed by atoms with Crippen LogP contribution >= 0.6 is 38.9 Å². The fraction of sp³-hybridized carbons (Fsp3) is 0.714. The second kappa shape index (κ2) is 7.88. The average Bonchev–Trinajstić information content (AvgIpc) is 2.58. The predicted molar refractivity (Wildman–Crippen MR) is 86.7 cm³/mol. The third-order valence-electron chi connectivity index (χ3n) is 3.06. The summed E-state index contributed by atoms with van der Waals surface area (Å²) in [6.45, 7) is 8.90. The number of halogens is 2. The highest BCUT2D eigenvalue weighted by Crippen LogP contribution is 2.32. The molecule has 0 saturated carbocycles. The van der Waals surface area contributed by atoms with Crippen molar-refractivity contribution in [3.05, 3.63) is 19.8 Å². The van der Waals surface area contributed by atoms with Crippen LogP contribution in [-0.4, -0.2) is 6.54 Å². The van der Waals surface area contributed by atoms with E-state index in [1.807, 2.05) is 0 Å². The van der Waals surface area contributed by atoms with Gasteiger partial charge < -0.3 is 5.32 Å². The van der Waals surface area contributed by atoms with E-state index in [0.29, 0.717) is 5.41 Å². The van der Waals surface area contributed by atoms with Crippen LogP contribution < -0.4 is 5.32 Å². The van der Waals surface area contributed by atoms with E-state index in [0.717, 1.165) is 21.9 Å². The summed E-state index contributed by atoms with van der Waals surface area (Å²) in [6.07, 6.45) is 5.27. The monoisotopic (exact) mass is 351 g/mol. The highest BCUT2D eigenvalue weighted by atomic mass is 79.9. The highest BCUT2D eigenvalue weighted by Gasteiger charge is 2.16. The Hall–Kier alpha value is 0.430. The van der Waals surface area contributed by atoms with Crippen LogP contribution in [0.2, 0.25) is 4.34 Å². The molecule has 0 amide bonds. The molecule has 0 atom stereocenters. The van der Waals surface area contributed by atoms with Crippen molar-refractivity contribution in [1.29, 1.82) is 0 Å². The molecule has 0 unspecified atom stereocenters. The molecule has 0 aliphatic rings. The van der Waals surface area contributed by atoms with E-state index >= 15 is 0 Å². The first kappa shape index (κ1) is 16.5. The van der Waals surface area contributed by atoms with Crippen molar-refractivity contribution >= 4 is 38.9 Å². The lowest BCUT2D eigenvalue weighted by Gasteiger charge is -2.24. The van der Waals surface area contributed by atoms with Gasteiger partial charge in [0.25, 0.3) is 0 Å². The van der Waals surface area contributed by atoms with Gasteiger partial charge in [-0.3, -0.25) is 0 Å². The minimum atomic E-state index is 0.382. The van der Waals surface area contributed by atoms with Crippen LogP contribution in [0.1, 0.15) is 51.3 Å². The summed E-state index contributed by atoms with van der Waals surface area (Å²) in [4.78, 5) is 1.29. The number of unbranched alkanes of at least 4 members (excludes halogenated alkanes) is 2. The molecule has 4 heteroatoms. The van der Waals surface area contributed by atoms with Crippen molar-refractivity contribution < 1.29 is 0 Å². The normalized spacial score (nSPS) is 12.1. The van der Waals surface area contributed by atoms with E-state index in [4.69, 9.17) is 11.6 Å². The Morgan fingerprint density at radius 3 is 2.67 bits per heavy atom. The first-order valence-corrected chi connectivity index (χ1v) is 8.58. The van der Waals surface area contributed by atoms with Gasteiger partial charge in [-0.25, -0.2) is 0 Å². The van der Waals surface area contributed by atoms with Gasteiger partial charge in [0.15, 0.2) is 0 Å². The van der Waals surface area contributed by atoms with Gasteiger partial charge in [-0.15, -0.1) is 11.3 Å². The van der Waals surface area contributed by atoms with E-state index in [1.165, 1.54) is 30.6 Å². The molecule has 0 aliphatic carbocycles. The summed E-state index contributed by atoms with van der Waals surface area (Å²) >= 11 is 11.1. The fourth-order valence-electron chi connectivity index (χ4n) is 1.94. The van der Waals surface area contributed by atoms with Crippen LogP contribution in [0.5, 0.6) is 0 Å². The summed E-state index contributed by atoms with van der Waals surface area (Å²) in [5.41, 5.74) is 0.382. The Labute approximate surface area is 128 Å². The van der Waals surface area contributed by atoms with Gasteiger partial charge in [-0.1, -0.05) is 51.6 Å². The quantitative estimate of drug-likeness (QED) is 0.578. The molecule has 1 rings (SSSR count). The van der Waals surface area contributed by atoms with Crippen LogP contribution in [-0.2, 0) is 6.54 Å². The van der Waals surface area contributed by atoms with Crippen molar-refractivity contribution in [2.75, 3.05) is 6.54 Å². The standard InChI is InChI=1S/C14H23BrClNS/c1-4-5-6-7-14(2,3)10-17-9-11-8-12(15)13(16)18-11/h8,17H,4-7,9-10H2,1-3H3. The zero-order valence-electron chi connectivity index (χ0n) is 11.5. The molecule has 18 heavy (non-hydrogen) atoms. The zero-order valence-corrected chi connectivity index (χ0v) is 14.6. The molecule has 1 nitrogen and oxygen atoms in total. The number of rotatable bonds is 8. The van der Waals surface area contributed by atoms with Crippen molar-refractivity contribution in [2.45, 2.75) is 53.0 Å². The molecule has 0 saturated heterocycles. The van der Waals surface area contributed by atoms with Gasteiger partial charge in [-0.05, 0) is 33.8 Å². The second-order valence-corrected chi connectivity index (χ2v) is 8.15. The topological polar surface area (TPSA) is 12.0 Å². The molecule has 1 heterocycles. The number of hydrogen-bond acceptors (Lipinski definition) is 2. The Balaban J connectivity index is 2.27. The molecule has 0 radical (unpaired) electrons. The maximum atomic E-state index is 6.03. The number of nitrogens with one attached hydrogen (secondary N) is 1. The highest BCUT2D eigenvalue weighted by molar-refractivity contribution is 9.10. The van der Waals surface area contributed by atoms with Crippen molar-refractivity contribution in [2.24, 2.45) is 5.41 Å². The number of hydrogen-bond donors (Lipinski definition) is 1. The molecular weight excluding hydrogens is 330 g/mol. The molecular formula is C14H23BrClNS. The van der Waals surface area contributed by atoms with Crippen molar-refractivity contribution in [3.63, 3.8) is 0 Å². The summed E-state index contributed by atoms with van der Waals surface area (Å²) in [5.74, 6) is 0. The predicted octanol–water partition coefficient (Wildman–Crippen LogP) is 5.86. The van der Waals surface area contributed by atoms with Gasteiger partial charge in [0.05, 0.1) is 0 Å². The zero-order chi connectivity index (χ0) is 13.6. The molecule has 0 aromatic carbocycles. The van der Waals surface area contributed by atoms with Crippen LogP contribution in [0.25, 0.3) is 0 Å². The van der Waals surface area contributed by atoms with Crippen LogP contribution in [0, 0.1) is 5.41 Å². The fourth-order valence-corrected chi connectivity index (χ4v) is 3.70. The smallest absolute Gasteiger partial charge is 0.107 e. The Kier molecular flexibility index (Phi) is 7.22. The van der Waals surface area contributed by atoms with Crippen molar-refractivity contribution in [3.8, 4) is 0 Å². The van der Waals surface area contributed by atoms with Crippen LogP contribution in [0.3, 0.4) is 0 Å². The average molecular weight is 353 g/mol. The Bertz CT molecular complexity index is 343. The lowest BCUT2D eigenvalue weighted by Crippen LogP contribution is -2.28. The Morgan fingerprint density at radius 2 is 2.11 bits per heavy atom. The summed E-state index contributed by atoms with van der Waals surface area (Å²) in [7, 11) is 0. The van der Waals surface area contributed by atoms with E-state index in [1.54, 1.807) is 11.3 Å². The molecule has 1 N–H and O–H groups in total. The first-order chi connectivity index (χ1) is 8.44. The van der Waals surface area contributed by atoms with Gasteiger partial charge in [0, 0.05) is 22.4 Å². The minimum absolute atomic E-state index is 0.382. The molecule has 0 aliphatic heterocycles. The lowest BCUT2D eigenvalue weighted by molar-refractivity contribution is 0.302. The molecule has 0 fully saturated rings.